The van der Waals surface area contributed by atoms with Crippen molar-refractivity contribution in [2.24, 2.45) is 0 Å². The van der Waals surface area contributed by atoms with Crippen LogP contribution >= 0.6 is 0 Å². The van der Waals surface area contributed by atoms with Crippen molar-refractivity contribution < 1.29 is 4.74 Å². The molecule has 1 heteroatoms. The molecule has 0 aliphatic carbocycles. The third-order valence-corrected chi connectivity index (χ3v) is 1.64. The van der Waals surface area contributed by atoms with E-state index < -0.39 is 0 Å². The monoisotopic (exact) mass is 187 g/mol. The molecule has 0 atom stereocenters. The maximum atomic E-state index is 5.46. The molecular weight excluding hydrogens is 172 g/mol. The lowest BCUT2D eigenvalue weighted by Gasteiger charge is -2.00. The number of para-hydroxylation sites is 1. The van der Waals surface area contributed by atoms with E-state index in [1.54, 1.807) is 0 Å². The minimum absolute atomic E-state index is 0.609. The van der Waals surface area contributed by atoms with Crippen LogP contribution in [-0.4, -0.2) is 6.61 Å². The Morgan fingerprint density at radius 1 is 1.07 bits per heavy atom. The first-order chi connectivity index (χ1) is 6.93. The molecule has 0 saturated heterocycles. The lowest BCUT2D eigenvalue weighted by atomic mass is 10.3. The number of ether oxygens (including phenoxy) is 1. The van der Waals surface area contributed by atoms with Crippen LogP contribution in [0.3, 0.4) is 0 Å². The van der Waals surface area contributed by atoms with Gasteiger partial charge in [-0.25, -0.2) is 0 Å². The highest BCUT2D eigenvalue weighted by Gasteiger charge is 1.85. The summed E-state index contributed by atoms with van der Waals surface area (Å²) in [7, 11) is 0. The van der Waals surface area contributed by atoms with Crippen molar-refractivity contribution in [3.05, 3.63) is 61.1 Å². The first-order valence-corrected chi connectivity index (χ1v) is 4.72. The third kappa shape index (κ3) is 4.51. The van der Waals surface area contributed by atoms with E-state index in [1.807, 2.05) is 68.0 Å². The van der Waals surface area contributed by atoms with Gasteiger partial charge in [0.2, 0.25) is 0 Å². The van der Waals surface area contributed by atoms with E-state index in [9.17, 15) is 0 Å². The van der Waals surface area contributed by atoms with Crippen molar-refractivity contribution in [2.75, 3.05) is 6.61 Å². The van der Waals surface area contributed by atoms with Crippen LogP contribution < -0.4 is 4.74 Å². The predicted molar refractivity (Wildman–Crippen MR) is 60.2 cm³/mol. The molecule has 0 fully saturated rings. The Morgan fingerprint density at radius 3 is 2.57 bits per heavy atom. The van der Waals surface area contributed by atoms with Crippen LogP contribution in [0, 0.1) is 6.42 Å². The molecule has 0 aromatic heterocycles. The molecule has 0 heterocycles. The second-order valence-electron chi connectivity index (χ2n) is 2.77. The highest BCUT2D eigenvalue weighted by atomic mass is 16.5. The third-order valence-electron chi connectivity index (χ3n) is 1.64. The SMILES string of the molecule is C[CH]C=CC=CCOc1ccccc1. The average molecular weight is 187 g/mol. The second-order valence-corrected chi connectivity index (χ2v) is 2.77. The van der Waals surface area contributed by atoms with Crippen molar-refractivity contribution in [1.29, 1.82) is 0 Å². The molecule has 0 amide bonds. The molecule has 1 aromatic carbocycles. The fraction of sp³-hybridized carbons (Fsp3) is 0.154. The summed E-state index contributed by atoms with van der Waals surface area (Å²) in [5.74, 6) is 0.906. The zero-order valence-electron chi connectivity index (χ0n) is 8.39. The van der Waals surface area contributed by atoms with Gasteiger partial charge in [0.05, 0.1) is 0 Å². The molecule has 1 nitrogen and oxygen atoms in total. The molecule has 0 spiro atoms. The van der Waals surface area contributed by atoms with Crippen LogP contribution in [0.4, 0.5) is 0 Å². The van der Waals surface area contributed by atoms with Gasteiger partial charge in [-0.15, -0.1) is 0 Å². The van der Waals surface area contributed by atoms with Gasteiger partial charge in [-0.1, -0.05) is 43.4 Å². The number of hydrogen-bond acceptors (Lipinski definition) is 1. The summed E-state index contributed by atoms with van der Waals surface area (Å²) in [5, 5.41) is 0. The van der Waals surface area contributed by atoms with Crippen LogP contribution in [-0.2, 0) is 0 Å². The summed E-state index contributed by atoms with van der Waals surface area (Å²) >= 11 is 0. The van der Waals surface area contributed by atoms with Crippen LogP contribution in [0.1, 0.15) is 6.92 Å². The smallest absolute Gasteiger partial charge is 0.119 e. The van der Waals surface area contributed by atoms with Crippen molar-refractivity contribution in [3.8, 4) is 5.75 Å². The predicted octanol–water partition coefficient (Wildman–Crippen LogP) is 3.40. The van der Waals surface area contributed by atoms with E-state index in [4.69, 9.17) is 4.74 Å². The minimum atomic E-state index is 0.609. The maximum absolute atomic E-state index is 5.46. The van der Waals surface area contributed by atoms with Crippen LogP contribution in [0.25, 0.3) is 0 Å². The van der Waals surface area contributed by atoms with Gasteiger partial charge in [-0.3, -0.25) is 0 Å². The second kappa shape index (κ2) is 6.96. The first-order valence-electron chi connectivity index (χ1n) is 4.72. The molecule has 0 bridgehead atoms. The highest BCUT2D eigenvalue weighted by Crippen LogP contribution is 2.07. The molecular formula is C13H15O. The quantitative estimate of drug-likeness (QED) is 0.642. The van der Waals surface area contributed by atoms with Gasteiger partial charge in [0.25, 0.3) is 0 Å². The minimum Gasteiger partial charge on any atom is -0.490 e. The number of hydrogen-bond donors (Lipinski definition) is 0. The van der Waals surface area contributed by atoms with E-state index in [2.05, 4.69) is 0 Å². The molecule has 73 valence electrons. The Morgan fingerprint density at radius 2 is 1.86 bits per heavy atom. The van der Waals surface area contributed by atoms with Crippen molar-refractivity contribution >= 4 is 0 Å². The van der Waals surface area contributed by atoms with Crippen LogP contribution in [0.15, 0.2) is 54.6 Å². The van der Waals surface area contributed by atoms with Crippen molar-refractivity contribution in [2.45, 2.75) is 6.92 Å². The van der Waals surface area contributed by atoms with E-state index >= 15 is 0 Å². The molecule has 0 N–H and O–H groups in total. The summed E-state index contributed by atoms with van der Waals surface area (Å²) in [4.78, 5) is 0. The Hall–Kier alpha value is -1.50. The molecule has 1 radical (unpaired) electrons. The average Bonchev–Trinajstić information content (AvgIpc) is 2.25. The summed E-state index contributed by atoms with van der Waals surface area (Å²) in [6.45, 7) is 2.60. The van der Waals surface area contributed by atoms with Crippen LogP contribution in [0.2, 0.25) is 0 Å². The zero-order valence-corrected chi connectivity index (χ0v) is 8.39. The van der Waals surface area contributed by atoms with Gasteiger partial charge in [-0.05, 0) is 24.6 Å². The topological polar surface area (TPSA) is 9.23 Å². The van der Waals surface area contributed by atoms with E-state index in [1.165, 1.54) is 0 Å². The molecule has 1 aromatic rings. The largest absolute Gasteiger partial charge is 0.490 e. The van der Waals surface area contributed by atoms with Gasteiger partial charge < -0.3 is 4.74 Å². The van der Waals surface area contributed by atoms with Gasteiger partial charge in [-0.2, -0.15) is 0 Å². The molecule has 0 aliphatic rings. The summed E-state index contributed by atoms with van der Waals surface area (Å²) in [6.07, 6.45) is 9.91. The Kier molecular flexibility index (Phi) is 5.26. The van der Waals surface area contributed by atoms with E-state index in [0.29, 0.717) is 6.61 Å². The van der Waals surface area contributed by atoms with E-state index in [0.717, 1.165) is 5.75 Å². The van der Waals surface area contributed by atoms with E-state index in [-0.39, 0.29) is 0 Å². The van der Waals surface area contributed by atoms with Crippen LogP contribution in [0.5, 0.6) is 5.75 Å². The fourth-order valence-electron chi connectivity index (χ4n) is 0.970. The Labute approximate surface area is 85.7 Å². The van der Waals surface area contributed by atoms with Crippen molar-refractivity contribution in [3.63, 3.8) is 0 Å². The summed E-state index contributed by atoms with van der Waals surface area (Å²) < 4.78 is 5.46. The fourth-order valence-corrected chi connectivity index (χ4v) is 0.970. The lowest BCUT2D eigenvalue weighted by Crippen LogP contribution is -1.91. The molecule has 14 heavy (non-hydrogen) atoms. The normalized spacial score (nSPS) is 11.2. The molecule has 0 saturated carbocycles. The maximum Gasteiger partial charge on any atom is 0.119 e. The number of allylic oxidation sites excluding steroid dienone is 3. The number of benzene rings is 1. The standard InChI is InChI=1S/C13H15O/c1-2-3-4-5-9-12-14-13-10-7-6-8-11-13/h2-11H,12H2,1H3. The van der Waals surface area contributed by atoms with Gasteiger partial charge in [0, 0.05) is 0 Å². The molecule has 1 rings (SSSR count). The Bertz CT molecular complexity index is 285. The highest BCUT2D eigenvalue weighted by molar-refractivity contribution is 5.21. The van der Waals surface area contributed by atoms with Gasteiger partial charge in [0.15, 0.2) is 0 Å². The summed E-state index contributed by atoms with van der Waals surface area (Å²) in [6, 6.07) is 9.80. The first kappa shape index (κ1) is 10.6. The molecule has 0 aliphatic heterocycles. The summed E-state index contributed by atoms with van der Waals surface area (Å²) in [5.41, 5.74) is 0. The van der Waals surface area contributed by atoms with Gasteiger partial charge in [0.1, 0.15) is 12.4 Å². The Balaban J connectivity index is 2.22. The lowest BCUT2D eigenvalue weighted by molar-refractivity contribution is 0.363. The molecule has 0 unspecified atom stereocenters. The van der Waals surface area contributed by atoms with Crippen molar-refractivity contribution in [1.82, 2.24) is 0 Å². The van der Waals surface area contributed by atoms with Gasteiger partial charge >= 0.3 is 0 Å². The zero-order chi connectivity index (χ0) is 10.1. The number of rotatable bonds is 5.